The third-order valence-electron chi connectivity index (χ3n) is 6.72. The van der Waals surface area contributed by atoms with Crippen molar-refractivity contribution in [1.82, 2.24) is 0 Å². The second-order valence-corrected chi connectivity index (χ2v) is 7.74. The highest BCUT2D eigenvalue weighted by Crippen LogP contribution is 2.61. The first-order valence-corrected chi connectivity index (χ1v) is 8.93. The van der Waals surface area contributed by atoms with Gasteiger partial charge in [-0.25, -0.2) is 0 Å². The molecule has 7 unspecified atom stereocenters. The maximum Gasteiger partial charge on any atom is 0.313 e. The Kier molecular flexibility index (Phi) is 3.12. The van der Waals surface area contributed by atoms with Gasteiger partial charge in [0, 0.05) is 0 Å². The van der Waals surface area contributed by atoms with Crippen LogP contribution in [0.15, 0.2) is 12.2 Å². The lowest BCUT2D eigenvalue weighted by Gasteiger charge is -2.32. The SMILES string of the molecule is O=C(OCOC1CCCC1)C1CC2OC1C1C3C=CC(C3)C21. The summed E-state index contributed by atoms with van der Waals surface area (Å²) in [7, 11) is 0. The fourth-order valence-corrected chi connectivity index (χ4v) is 5.81. The summed E-state index contributed by atoms with van der Waals surface area (Å²) in [6.07, 6.45) is 12.2. The van der Waals surface area contributed by atoms with Gasteiger partial charge in [0.2, 0.25) is 0 Å². The molecule has 5 aliphatic rings. The second kappa shape index (κ2) is 5.07. The molecule has 4 bridgehead atoms. The zero-order valence-electron chi connectivity index (χ0n) is 12.9. The van der Waals surface area contributed by atoms with E-state index in [2.05, 4.69) is 12.2 Å². The van der Waals surface area contributed by atoms with Crippen LogP contribution in [0.25, 0.3) is 0 Å². The summed E-state index contributed by atoms with van der Waals surface area (Å²) in [5.41, 5.74) is 0. The molecule has 120 valence electrons. The summed E-state index contributed by atoms with van der Waals surface area (Å²) < 4.78 is 17.2. The van der Waals surface area contributed by atoms with Gasteiger partial charge in [-0.2, -0.15) is 0 Å². The molecule has 22 heavy (non-hydrogen) atoms. The van der Waals surface area contributed by atoms with Gasteiger partial charge in [-0.1, -0.05) is 25.0 Å². The predicted molar refractivity (Wildman–Crippen MR) is 78.8 cm³/mol. The predicted octanol–water partition coefficient (Wildman–Crippen LogP) is 2.67. The Morgan fingerprint density at radius 3 is 2.68 bits per heavy atom. The molecule has 0 aromatic carbocycles. The number of esters is 1. The molecular weight excluding hydrogens is 280 g/mol. The van der Waals surface area contributed by atoms with E-state index in [9.17, 15) is 4.79 Å². The normalized spacial score (nSPS) is 48.3. The molecule has 4 fully saturated rings. The molecule has 0 aromatic rings. The average Bonchev–Trinajstić information content (AvgIpc) is 3.28. The summed E-state index contributed by atoms with van der Waals surface area (Å²) >= 11 is 0. The number of ether oxygens (including phenoxy) is 3. The van der Waals surface area contributed by atoms with E-state index in [1.165, 1.54) is 19.3 Å². The average molecular weight is 304 g/mol. The van der Waals surface area contributed by atoms with Crippen LogP contribution in [-0.4, -0.2) is 31.1 Å². The lowest BCUT2D eigenvalue weighted by Crippen LogP contribution is -2.39. The molecule has 5 rings (SSSR count). The molecule has 2 saturated heterocycles. The fourth-order valence-electron chi connectivity index (χ4n) is 5.81. The topological polar surface area (TPSA) is 44.8 Å². The maximum absolute atomic E-state index is 12.4. The van der Waals surface area contributed by atoms with Gasteiger partial charge in [0.15, 0.2) is 6.79 Å². The van der Waals surface area contributed by atoms with E-state index in [1.54, 1.807) is 0 Å². The van der Waals surface area contributed by atoms with Crippen molar-refractivity contribution >= 4 is 5.97 Å². The highest BCUT2D eigenvalue weighted by atomic mass is 16.7. The molecule has 4 nitrogen and oxygen atoms in total. The number of carbonyl (C=O) groups is 1. The van der Waals surface area contributed by atoms with Crippen LogP contribution >= 0.6 is 0 Å². The van der Waals surface area contributed by atoms with Gasteiger partial charge < -0.3 is 14.2 Å². The molecule has 3 aliphatic carbocycles. The molecule has 0 radical (unpaired) electrons. The van der Waals surface area contributed by atoms with Crippen LogP contribution in [0.2, 0.25) is 0 Å². The van der Waals surface area contributed by atoms with Crippen molar-refractivity contribution in [2.75, 3.05) is 6.79 Å². The molecule has 0 N–H and O–H groups in total. The van der Waals surface area contributed by atoms with Crippen LogP contribution in [0.4, 0.5) is 0 Å². The van der Waals surface area contributed by atoms with Crippen LogP contribution in [0.3, 0.4) is 0 Å². The van der Waals surface area contributed by atoms with Crippen molar-refractivity contribution in [3.05, 3.63) is 12.2 Å². The number of carbonyl (C=O) groups excluding carboxylic acids is 1. The first-order valence-electron chi connectivity index (χ1n) is 8.93. The van der Waals surface area contributed by atoms with E-state index in [0.717, 1.165) is 19.3 Å². The number of rotatable bonds is 4. The van der Waals surface area contributed by atoms with Gasteiger partial charge in [-0.05, 0) is 49.4 Å². The van der Waals surface area contributed by atoms with Crippen molar-refractivity contribution < 1.29 is 19.0 Å². The smallest absolute Gasteiger partial charge is 0.313 e. The van der Waals surface area contributed by atoms with Gasteiger partial charge in [-0.15, -0.1) is 0 Å². The molecule has 0 amide bonds. The monoisotopic (exact) mass is 304 g/mol. The standard InChI is InChI=1S/C18H24O4/c19-18(21-9-20-12-3-1-2-4-12)13-8-14-15-10-5-6-11(7-10)16(15)17(13)22-14/h5-6,10-17H,1-4,7-9H2. The quantitative estimate of drug-likeness (QED) is 0.455. The fraction of sp³-hybridized carbons (Fsp3) is 0.833. The molecule has 0 spiro atoms. The largest absolute Gasteiger partial charge is 0.438 e. The number of hydrogen-bond donors (Lipinski definition) is 0. The Morgan fingerprint density at radius 2 is 1.86 bits per heavy atom. The van der Waals surface area contributed by atoms with Crippen molar-refractivity contribution in [3.8, 4) is 0 Å². The minimum absolute atomic E-state index is 0.0637. The third-order valence-corrected chi connectivity index (χ3v) is 6.72. The van der Waals surface area contributed by atoms with Crippen molar-refractivity contribution in [3.63, 3.8) is 0 Å². The summed E-state index contributed by atoms with van der Waals surface area (Å²) in [5, 5.41) is 0. The minimum atomic E-state index is -0.101. The molecule has 2 aliphatic heterocycles. The summed E-state index contributed by atoms with van der Waals surface area (Å²) in [6, 6.07) is 0. The van der Waals surface area contributed by atoms with Crippen LogP contribution < -0.4 is 0 Å². The molecule has 2 heterocycles. The van der Waals surface area contributed by atoms with Gasteiger partial charge in [0.25, 0.3) is 0 Å². The first-order chi connectivity index (χ1) is 10.8. The zero-order chi connectivity index (χ0) is 14.7. The van der Waals surface area contributed by atoms with Crippen LogP contribution in [0.1, 0.15) is 38.5 Å². The highest BCUT2D eigenvalue weighted by molar-refractivity contribution is 5.74. The van der Waals surface area contributed by atoms with E-state index in [0.29, 0.717) is 29.8 Å². The molecule has 7 atom stereocenters. The lowest BCUT2D eigenvalue weighted by atomic mass is 9.69. The minimum Gasteiger partial charge on any atom is -0.438 e. The molecule has 4 heteroatoms. The van der Waals surface area contributed by atoms with Crippen molar-refractivity contribution in [1.29, 1.82) is 0 Å². The van der Waals surface area contributed by atoms with E-state index in [-0.39, 0.29) is 30.9 Å². The van der Waals surface area contributed by atoms with E-state index < -0.39 is 0 Å². The summed E-state index contributed by atoms with van der Waals surface area (Å²) in [4.78, 5) is 12.4. The Balaban J connectivity index is 1.19. The van der Waals surface area contributed by atoms with Crippen molar-refractivity contribution in [2.24, 2.45) is 29.6 Å². The van der Waals surface area contributed by atoms with Gasteiger partial charge in [-0.3, -0.25) is 4.79 Å². The number of hydrogen-bond acceptors (Lipinski definition) is 4. The number of allylic oxidation sites excluding steroid dienone is 2. The zero-order valence-corrected chi connectivity index (χ0v) is 12.9. The number of fused-ring (bicyclic) bond motifs is 9. The highest BCUT2D eigenvalue weighted by Gasteiger charge is 2.64. The van der Waals surface area contributed by atoms with Gasteiger partial charge >= 0.3 is 5.97 Å². The van der Waals surface area contributed by atoms with Crippen LogP contribution in [-0.2, 0) is 19.0 Å². The summed E-state index contributed by atoms with van der Waals surface area (Å²) in [6.45, 7) is 0.122. The van der Waals surface area contributed by atoms with Crippen LogP contribution in [0, 0.1) is 29.6 Å². The molecular formula is C18H24O4. The third kappa shape index (κ3) is 1.93. The Hall–Kier alpha value is -0.870. The van der Waals surface area contributed by atoms with E-state index in [4.69, 9.17) is 14.2 Å². The van der Waals surface area contributed by atoms with Crippen molar-refractivity contribution in [2.45, 2.75) is 56.8 Å². The maximum atomic E-state index is 12.4. The van der Waals surface area contributed by atoms with Gasteiger partial charge in [0.1, 0.15) is 0 Å². The van der Waals surface area contributed by atoms with E-state index >= 15 is 0 Å². The molecule has 0 aromatic heterocycles. The van der Waals surface area contributed by atoms with E-state index in [1.807, 2.05) is 0 Å². The molecule has 2 saturated carbocycles. The first kappa shape index (κ1) is 13.6. The summed E-state index contributed by atoms with van der Waals surface area (Å²) in [5.74, 6) is 2.39. The Morgan fingerprint density at radius 1 is 1.09 bits per heavy atom. The van der Waals surface area contributed by atoms with Gasteiger partial charge in [0.05, 0.1) is 24.2 Å². The Labute approximate surface area is 131 Å². The van der Waals surface area contributed by atoms with Crippen LogP contribution in [0.5, 0.6) is 0 Å². The lowest BCUT2D eigenvalue weighted by molar-refractivity contribution is -0.168. The Bertz CT molecular complexity index is 495. The second-order valence-electron chi connectivity index (χ2n) is 7.74.